The summed E-state index contributed by atoms with van der Waals surface area (Å²) in [6.07, 6.45) is 1.23. The molecular weight excluding hydrogens is 234 g/mol. The Morgan fingerprint density at radius 1 is 1.39 bits per heavy atom. The second-order valence-corrected chi connectivity index (χ2v) is 3.69. The first kappa shape index (κ1) is 14.0. The van der Waals surface area contributed by atoms with E-state index in [1.54, 1.807) is 18.2 Å². The third kappa shape index (κ3) is 3.46. The summed E-state index contributed by atoms with van der Waals surface area (Å²) < 4.78 is 5.08. The summed E-state index contributed by atoms with van der Waals surface area (Å²) >= 11 is 0. The van der Waals surface area contributed by atoms with E-state index < -0.39 is 5.91 Å². The van der Waals surface area contributed by atoms with Crippen molar-refractivity contribution in [3.05, 3.63) is 23.8 Å². The van der Waals surface area contributed by atoms with Crippen LogP contribution in [0.3, 0.4) is 0 Å². The van der Waals surface area contributed by atoms with Crippen LogP contribution < -0.4 is 21.3 Å². The molecule has 0 unspecified atom stereocenters. The molecule has 0 aliphatic rings. The Bertz CT molecular complexity index is 446. The smallest absolute Gasteiger partial charge is 0.268 e. The van der Waals surface area contributed by atoms with Crippen molar-refractivity contribution in [1.82, 2.24) is 5.43 Å². The zero-order valence-corrected chi connectivity index (χ0v) is 10.4. The van der Waals surface area contributed by atoms with Crippen LogP contribution in [0.25, 0.3) is 0 Å². The van der Waals surface area contributed by atoms with Crippen LogP contribution in [0.1, 0.15) is 30.1 Å². The lowest BCUT2D eigenvalue weighted by molar-refractivity contribution is -0.116. The number of nitrogen functional groups attached to an aromatic ring is 1. The van der Waals surface area contributed by atoms with Crippen molar-refractivity contribution in [3.8, 4) is 5.75 Å². The van der Waals surface area contributed by atoms with E-state index in [1.807, 2.05) is 12.3 Å². The van der Waals surface area contributed by atoms with Crippen LogP contribution in [0.2, 0.25) is 0 Å². The molecule has 6 nitrogen and oxygen atoms in total. The van der Waals surface area contributed by atoms with Gasteiger partial charge in [-0.2, -0.15) is 0 Å². The van der Waals surface area contributed by atoms with Gasteiger partial charge in [0.15, 0.2) is 0 Å². The average molecular weight is 251 g/mol. The third-order valence-corrected chi connectivity index (χ3v) is 2.34. The molecule has 0 aromatic heterocycles. The molecule has 0 spiro atoms. The van der Waals surface area contributed by atoms with E-state index in [1.165, 1.54) is 7.11 Å². The molecule has 0 atom stereocenters. The van der Waals surface area contributed by atoms with Gasteiger partial charge in [0.1, 0.15) is 5.75 Å². The Morgan fingerprint density at radius 3 is 2.67 bits per heavy atom. The minimum absolute atomic E-state index is 0.0735. The van der Waals surface area contributed by atoms with E-state index in [9.17, 15) is 9.59 Å². The lowest BCUT2D eigenvalue weighted by Crippen LogP contribution is -2.30. The fourth-order valence-corrected chi connectivity index (χ4v) is 1.48. The number of rotatable bonds is 5. The largest absolute Gasteiger partial charge is 0.496 e. The zero-order chi connectivity index (χ0) is 13.5. The van der Waals surface area contributed by atoms with Crippen molar-refractivity contribution in [2.45, 2.75) is 19.8 Å². The number of hydrogen-bond donors (Lipinski definition) is 3. The topological polar surface area (TPSA) is 93.5 Å². The molecule has 0 fully saturated rings. The van der Waals surface area contributed by atoms with Gasteiger partial charge in [0.05, 0.1) is 12.7 Å². The fraction of sp³-hybridized carbons (Fsp3) is 0.333. The van der Waals surface area contributed by atoms with Gasteiger partial charge in [-0.05, 0) is 18.6 Å². The van der Waals surface area contributed by atoms with Gasteiger partial charge in [0, 0.05) is 18.2 Å². The van der Waals surface area contributed by atoms with Gasteiger partial charge < -0.3 is 10.1 Å². The quantitative estimate of drug-likeness (QED) is 0.414. The van der Waals surface area contributed by atoms with E-state index in [2.05, 4.69) is 5.32 Å². The number of hydrazine groups is 1. The summed E-state index contributed by atoms with van der Waals surface area (Å²) in [5.41, 5.74) is 2.93. The van der Waals surface area contributed by atoms with E-state index >= 15 is 0 Å². The molecule has 18 heavy (non-hydrogen) atoms. The molecule has 0 aliphatic carbocycles. The summed E-state index contributed by atoms with van der Waals surface area (Å²) in [5.74, 6) is 4.90. The maximum Gasteiger partial charge on any atom is 0.268 e. The molecule has 1 rings (SSSR count). The molecule has 98 valence electrons. The highest BCUT2D eigenvalue weighted by atomic mass is 16.5. The van der Waals surface area contributed by atoms with Crippen molar-refractivity contribution >= 4 is 17.5 Å². The van der Waals surface area contributed by atoms with E-state index in [0.29, 0.717) is 23.4 Å². The fourth-order valence-electron chi connectivity index (χ4n) is 1.48. The van der Waals surface area contributed by atoms with Gasteiger partial charge in [-0.3, -0.25) is 15.0 Å². The average Bonchev–Trinajstić information content (AvgIpc) is 2.38. The molecule has 0 radical (unpaired) electrons. The molecule has 4 N–H and O–H groups in total. The van der Waals surface area contributed by atoms with Crippen LogP contribution in [0.15, 0.2) is 18.2 Å². The normalized spacial score (nSPS) is 9.72. The van der Waals surface area contributed by atoms with Crippen LogP contribution in [0, 0.1) is 0 Å². The Kier molecular flexibility index (Phi) is 5.13. The van der Waals surface area contributed by atoms with Crippen molar-refractivity contribution in [2.24, 2.45) is 5.84 Å². The molecule has 0 heterocycles. The molecular formula is C12H17N3O3. The van der Waals surface area contributed by atoms with Crippen molar-refractivity contribution in [2.75, 3.05) is 12.4 Å². The Morgan fingerprint density at radius 2 is 2.11 bits per heavy atom. The number of carbonyl (C=O) groups is 2. The first-order valence-corrected chi connectivity index (χ1v) is 5.61. The Labute approximate surface area is 105 Å². The van der Waals surface area contributed by atoms with E-state index in [-0.39, 0.29) is 5.91 Å². The number of nitrogens with one attached hydrogen (secondary N) is 2. The van der Waals surface area contributed by atoms with E-state index in [4.69, 9.17) is 10.6 Å². The van der Waals surface area contributed by atoms with Gasteiger partial charge in [-0.15, -0.1) is 0 Å². The van der Waals surface area contributed by atoms with Crippen molar-refractivity contribution in [3.63, 3.8) is 0 Å². The highest BCUT2D eigenvalue weighted by Gasteiger charge is 2.12. The second kappa shape index (κ2) is 6.61. The SMILES string of the molecule is CCCC(=O)Nc1ccc(C(=O)NN)c(OC)c1. The highest BCUT2D eigenvalue weighted by Crippen LogP contribution is 2.23. The second-order valence-electron chi connectivity index (χ2n) is 3.69. The number of hydrogen-bond acceptors (Lipinski definition) is 4. The lowest BCUT2D eigenvalue weighted by Gasteiger charge is -2.10. The molecule has 1 aromatic carbocycles. The van der Waals surface area contributed by atoms with Crippen LogP contribution in [-0.4, -0.2) is 18.9 Å². The van der Waals surface area contributed by atoms with Gasteiger partial charge in [-0.1, -0.05) is 6.92 Å². The summed E-state index contributed by atoms with van der Waals surface area (Å²) in [6, 6.07) is 4.75. The number of benzene rings is 1. The molecule has 6 heteroatoms. The number of amides is 2. The Balaban J connectivity index is 2.91. The minimum Gasteiger partial charge on any atom is -0.496 e. The Hall–Kier alpha value is -2.08. The number of anilines is 1. The molecule has 0 aliphatic heterocycles. The lowest BCUT2D eigenvalue weighted by atomic mass is 10.1. The molecule has 0 saturated carbocycles. The number of nitrogens with two attached hydrogens (primary N) is 1. The molecule has 0 bridgehead atoms. The zero-order valence-electron chi connectivity index (χ0n) is 10.4. The predicted octanol–water partition coefficient (Wildman–Crippen LogP) is 1.04. The first-order valence-electron chi connectivity index (χ1n) is 5.61. The number of ether oxygens (including phenoxy) is 1. The first-order chi connectivity index (χ1) is 8.62. The van der Waals surface area contributed by atoms with Crippen LogP contribution >= 0.6 is 0 Å². The molecule has 1 aromatic rings. The van der Waals surface area contributed by atoms with Gasteiger partial charge in [0.25, 0.3) is 5.91 Å². The summed E-state index contributed by atoms with van der Waals surface area (Å²) in [4.78, 5) is 22.9. The summed E-state index contributed by atoms with van der Waals surface area (Å²) in [6.45, 7) is 1.93. The highest BCUT2D eigenvalue weighted by molar-refractivity contribution is 5.98. The van der Waals surface area contributed by atoms with Crippen molar-refractivity contribution < 1.29 is 14.3 Å². The minimum atomic E-state index is -0.446. The molecule has 0 saturated heterocycles. The maximum atomic E-state index is 11.4. The van der Waals surface area contributed by atoms with Crippen LogP contribution in [0.4, 0.5) is 5.69 Å². The summed E-state index contributed by atoms with van der Waals surface area (Å²) in [7, 11) is 1.44. The monoisotopic (exact) mass is 251 g/mol. The predicted molar refractivity (Wildman–Crippen MR) is 68.2 cm³/mol. The van der Waals surface area contributed by atoms with Crippen molar-refractivity contribution in [1.29, 1.82) is 0 Å². The number of methoxy groups -OCH3 is 1. The standard InChI is InChI=1S/C12H17N3O3/c1-3-4-11(16)14-8-5-6-9(12(17)15-13)10(7-8)18-2/h5-7H,3-4,13H2,1-2H3,(H,14,16)(H,15,17). The van der Waals surface area contributed by atoms with Crippen LogP contribution in [0.5, 0.6) is 5.75 Å². The summed E-state index contributed by atoms with van der Waals surface area (Å²) in [5, 5.41) is 2.72. The van der Waals surface area contributed by atoms with Gasteiger partial charge >= 0.3 is 0 Å². The third-order valence-electron chi connectivity index (χ3n) is 2.34. The molecule has 2 amide bonds. The van der Waals surface area contributed by atoms with Gasteiger partial charge in [0.2, 0.25) is 5.91 Å². The van der Waals surface area contributed by atoms with E-state index in [0.717, 1.165) is 6.42 Å². The maximum absolute atomic E-state index is 11.4. The number of carbonyl (C=O) groups excluding carboxylic acids is 2. The van der Waals surface area contributed by atoms with Gasteiger partial charge in [-0.25, -0.2) is 5.84 Å². The van der Waals surface area contributed by atoms with Crippen LogP contribution in [-0.2, 0) is 4.79 Å².